The van der Waals surface area contributed by atoms with Crippen LogP contribution in [0.3, 0.4) is 0 Å². The lowest BCUT2D eigenvalue weighted by Gasteiger charge is -2.10. The van der Waals surface area contributed by atoms with E-state index in [0.717, 1.165) is 59.5 Å². The molecule has 2 unspecified atom stereocenters. The third-order valence-corrected chi connectivity index (χ3v) is 6.49. The molecule has 1 aromatic heterocycles. The molecule has 5 nitrogen and oxygen atoms in total. The Morgan fingerprint density at radius 1 is 1.13 bits per heavy atom. The highest BCUT2D eigenvalue weighted by molar-refractivity contribution is 9.10. The van der Waals surface area contributed by atoms with Crippen molar-refractivity contribution < 1.29 is 9.18 Å². The summed E-state index contributed by atoms with van der Waals surface area (Å²) in [5.41, 5.74) is 2.10. The Morgan fingerprint density at radius 3 is 2.90 bits per heavy atom. The molecule has 1 aliphatic heterocycles. The highest BCUT2D eigenvalue weighted by atomic mass is 79.9. The van der Waals surface area contributed by atoms with Gasteiger partial charge in [0.1, 0.15) is 11.6 Å². The zero-order chi connectivity index (χ0) is 20.7. The molecule has 1 fully saturated rings. The van der Waals surface area contributed by atoms with Gasteiger partial charge in [-0.1, -0.05) is 34.5 Å². The quantitative estimate of drug-likeness (QED) is 0.563. The monoisotopic (exact) mass is 468 g/mol. The summed E-state index contributed by atoms with van der Waals surface area (Å²) >= 11 is 3.47. The summed E-state index contributed by atoms with van der Waals surface area (Å²) in [4.78, 5) is 12.7. The molecule has 0 saturated heterocycles. The van der Waals surface area contributed by atoms with E-state index in [9.17, 15) is 9.18 Å². The van der Waals surface area contributed by atoms with Gasteiger partial charge in [-0.2, -0.15) is 0 Å². The van der Waals surface area contributed by atoms with E-state index >= 15 is 0 Å². The van der Waals surface area contributed by atoms with Gasteiger partial charge in [0, 0.05) is 28.9 Å². The van der Waals surface area contributed by atoms with E-state index in [0.29, 0.717) is 0 Å². The fourth-order valence-corrected chi connectivity index (χ4v) is 4.69. The van der Waals surface area contributed by atoms with Crippen molar-refractivity contribution >= 4 is 27.5 Å². The van der Waals surface area contributed by atoms with Crippen molar-refractivity contribution in [3.63, 3.8) is 0 Å². The molecule has 3 aromatic rings. The standard InChI is InChI=1S/C23H22BrFN4O/c24-16-6-4-5-14(11-16)17-13-18(17)23(30)26-20-12-15(8-9-19(20)25)22-28-27-21-7-2-1-3-10-29(21)22/h4-6,8-9,11-12,17-18H,1-3,7,10,13H2,(H,26,30). The van der Waals surface area contributed by atoms with Gasteiger partial charge in [-0.05, 0) is 61.1 Å². The van der Waals surface area contributed by atoms with Crippen molar-refractivity contribution in [2.75, 3.05) is 5.32 Å². The number of halogens is 2. The number of aromatic nitrogens is 3. The Labute approximate surface area is 182 Å². The first-order valence-electron chi connectivity index (χ1n) is 10.4. The predicted molar refractivity (Wildman–Crippen MR) is 117 cm³/mol. The molecule has 2 heterocycles. The number of nitrogens with zero attached hydrogens (tertiary/aromatic N) is 3. The molecule has 0 bridgehead atoms. The van der Waals surface area contributed by atoms with Gasteiger partial charge >= 0.3 is 0 Å². The first-order valence-corrected chi connectivity index (χ1v) is 11.2. The zero-order valence-corrected chi connectivity index (χ0v) is 18.0. The average Bonchev–Trinajstić information content (AvgIpc) is 3.50. The molecule has 5 rings (SSSR count). The number of carbonyl (C=O) groups is 1. The zero-order valence-electron chi connectivity index (χ0n) is 16.4. The minimum Gasteiger partial charge on any atom is -0.323 e. The van der Waals surface area contributed by atoms with Crippen LogP contribution < -0.4 is 5.32 Å². The van der Waals surface area contributed by atoms with Crippen LogP contribution in [0, 0.1) is 11.7 Å². The van der Waals surface area contributed by atoms with Crippen molar-refractivity contribution in [3.05, 3.63) is 64.1 Å². The minimum atomic E-state index is -0.442. The first-order chi connectivity index (χ1) is 14.6. The van der Waals surface area contributed by atoms with Gasteiger partial charge in [-0.3, -0.25) is 4.79 Å². The maximum atomic E-state index is 14.5. The molecule has 30 heavy (non-hydrogen) atoms. The van der Waals surface area contributed by atoms with Crippen LogP contribution in [0.4, 0.5) is 10.1 Å². The summed E-state index contributed by atoms with van der Waals surface area (Å²) in [5.74, 6) is 1.18. The highest BCUT2D eigenvalue weighted by Gasteiger charge is 2.44. The van der Waals surface area contributed by atoms with Crippen LogP contribution >= 0.6 is 15.9 Å². The fraction of sp³-hybridized carbons (Fsp3) is 0.348. The second-order valence-corrected chi connectivity index (χ2v) is 9.01. The number of anilines is 1. The fourth-order valence-electron chi connectivity index (χ4n) is 4.27. The molecule has 1 saturated carbocycles. The lowest BCUT2D eigenvalue weighted by Crippen LogP contribution is -2.15. The molecule has 1 aliphatic carbocycles. The van der Waals surface area contributed by atoms with Crippen molar-refractivity contribution in [2.24, 2.45) is 5.92 Å². The topological polar surface area (TPSA) is 59.8 Å². The maximum Gasteiger partial charge on any atom is 0.228 e. The van der Waals surface area contributed by atoms with Gasteiger partial charge in [0.2, 0.25) is 5.91 Å². The molecular weight excluding hydrogens is 447 g/mol. The molecule has 2 atom stereocenters. The first kappa shape index (κ1) is 19.4. The lowest BCUT2D eigenvalue weighted by molar-refractivity contribution is -0.117. The molecule has 1 amide bonds. The normalized spacial score (nSPS) is 20.3. The summed E-state index contributed by atoms with van der Waals surface area (Å²) in [6, 6.07) is 12.8. The van der Waals surface area contributed by atoms with Crippen LogP contribution in [0.5, 0.6) is 0 Å². The van der Waals surface area contributed by atoms with Crippen molar-refractivity contribution in [3.8, 4) is 11.4 Å². The number of benzene rings is 2. The number of amides is 1. The van der Waals surface area contributed by atoms with E-state index in [2.05, 4.69) is 36.0 Å². The molecular formula is C23H22BrFN4O. The molecule has 7 heteroatoms. The summed E-state index contributed by atoms with van der Waals surface area (Å²) in [5, 5.41) is 11.5. The number of hydrogen-bond donors (Lipinski definition) is 1. The number of rotatable bonds is 4. The molecule has 2 aliphatic rings. The summed E-state index contributed by atoms with van der Waals surface area (Å²) in [6.07, 6.45) is 5.07. The Balaban J connectivity index is 1.35. The Bertz CT molecular complexity index is 1110. The SMILES string of the molecule is O=C(Nc1cc(-c2nnc3n2CCCCC3)ccc1F)C1CC1c1cccc(Br)c1. The number of hydrogen-bond acceptors (Lipinski definition) is 3. The molecule has 0 radical (unpaired) electrons. The van der Waals surface area contributed by atoms with Crippen molar-refractivity contribution in [1.82, 2.24) is 14.8 Å². The van der Waals surface area contributed by atoms with Crippen molar-refractivity contribution in [1.29, 1.82) is 0 Å². The summed E-state index contributed by atoms with van der Waals surface area (Å²) in [7, 11) is 0. The van der Waals surface area contributed by atoms with Crippen LogP contribution in [0.15, 0.2) is 46.9 Å². The van der Waals surface area contributed by atoms with E-state index in [1.807, 2.05) is 24.3 Å². The van der Waals surface area contributed by atoms with Crippen LogP contribution in [-0.4, -0.2) is 20.7 Å². The number of carbonyl (C=O) groups excluding carboxylic acids is 1. The van der Waals surface area contributed by atoms with Gasteiger partial charge in [0.05, 0.1) is 5.69 Å². The second kappa shape index (κ2) is 7.95. The molecule has 0 spiro atoms. The second-order valence-electron chi connectivity index (χ2n) is 8.09. The van der Waals surface area contributed by atoms with Gasteiger partial charge in [0.25, 0.3) is 0 Å². The van der Waals surface area contributed by atoms with E-state index in [1.54, 1.807) is 12.1 Å². The van der Waals surface area contributed by atoms with E-state index < -0.39 is 5.82 Å². The Hall–Kier alpha value is -2.54. The Morgan fingerprint density at radius 2 is 2.03 bits per heavy atom. The lowest BCUT2D eigenvalue weighted by atomic mass is 10.1. The third-order valence-electron chi connectivity index (χ3n) is 6.00. The average molecular weight is 469 g/mol. The summed E-state index contributed by atoms with van der Waals surface area (Å²) < 4.78 is 17.6. The van der Waals surface area contributed by atoms with Gasteiger partial charge in [-0.25, -0.2) is 4.39 Å². The van der Waals surface area contributed by atoms with E-state index in [1.165, 1.54) is 12.5 Å². The number of fused-ring (bicyclic) bond motifs is 1. The molecule has 1 N–H and O–H groups in total. The van der Waals surface area contributed by atoms with Gasteiger partial charge in [-0.15, -0.1) is 10.2 Å². The van der Waals surface area contributed by atoms with Crippen molar-refractivity contribution in [2.45, 2.75) is 44.6 Å². The number of nitrogens with one attached hydrogen (secondary N) is 1. The largest absolute Gasteiger partial charge is 0.323 e. The Kier molecular flexibility index (Phi) is 5.15. The van der Waals surface area contributed by atoms with Crippen LogP contribution in [0.2, 0.25) is 0 Å². The molecule has 154 valence electrons. The maximum absolute atomic E-state index is 14.5. The highest BCUT2D eigenvalue weighted by Crippen LogP contribution is 2.48. The van der Waals surface area contributed by atoms with Gasteiger partial charge < -0.3 is 9.88 Å². The predicted octanol–water partition coefficient (Wildman–Crippen LogP) is 5.32. The van der Waals surface area contributed by atoms with Crippen LogP contribution in [-0.2, 0) is 17.8 Å². The van der Waals surface area contributed by atoms with E-state index in [4.69, 9.17) is 0 Å². The summed E-state index contributed by atoms with van der Waals surface area (Å²) in [6.45, 7) is 0.868. The minimum absolute atomic E-state index is 0.133. The molecule has 2 aromatic carbocycles. The smallest absolute Gasteiger partial charge is 0.228 e. The van der Waals surface area contributed by atoms with Gasteiger partial charge in [0.15, 0.2) is 5.82 Å². The van der Waals surface area contributed by atoms with Crippen LogP contribution in [0.1, 0.15) is 43.0 Å². The third kappa shape index (κ3) is 3.78. The van der Waals surface area contributed by atoms with Crippen LogP contribution in [0.25, 0.3) is 11.4 Å². The van der Waals surface area contributed by atoms with E-state index in [-0.39, 0.29) is 23.4 Å². The number of aryl methyl sites for hydroxylation is 1.